The Morgan fingerprint density at radius 2 is 2.22 bits per heavy atom. The Bertz CT molecular complexity index is 763. The lowest BCUT2D eigenvalue weighted by molar-refractivity contribution is -0.128. The number of hydrogen-bond acceptors (Lipinski definition) is 5. The van der Waals surface area contributed by atoms with Gasteiger partial charge in [-0.3, -0.25) is 9.59 Å². The zero-order valence-corrected chi connectivity index (χ0v) is 14.4. The molecule has 1 aliphatic carbocycles. The summed E-state index contributed by atoms with van der Waals surface area (Å²) in [7, 11) is 0. The Balaban J connectivity index is 1.41. The molecular formula is C16H17N3O2S2. The van der Waals surface area contributed by atoms with E-state index in [4.69, 9.17) is 0 Å². The van der Waals surface area contributed by atoms with Gasteiger partial charge in [-0.2, -0.15) is 0 Å². The number of carbonyl (C=O) groups excluding carboxylic acids is 2. The summed E-state index contributed by atoms with van der Waals surface area (Å²) in [5, 5.41) is 5.44. The van der Waals surface area contributed by atoms with Crippen LogP contribution in [0.3, 0.4) is 0 Å². The van der Waals surface area contributed by atoms with Gasteiger partial charge in [-0.25, -0.2) is 4.98 Å². The van der Waals surface area contributed by atoms with Crippen LogP contribution in [0.15, 0.2) is 17.5 Å². The van der Waals surface area contributed by atoms with E-state index >= 15 is 0 Å². The molecule has 2 aliphatic rings. The summed E-state index contributed by atoms with van der Waals surface area (Å²) in [6, 6.07) is 4.49. The second-order valence-electron chi connectivity index (χ2n) is 6.12. The Morgan fingerprint density at radius 3 is 2.91 bits per heavy atom. The molecule has 1 saturated carbocycles. The van der Waals surface area contributed by atoms with E-state index in [1.807, 2.05) is 16.3 Å². The van der Waals surface area contributed by atoms with Crippen molar-refractivity contribution in [1.82, 2.24) is 9.88 Å². The summed E-state index contributed by atoms with van der Waals surface area (Å²) in [5.41, 5.74) is 0.894. The lowest BCUT2D eigenvalue weighted by atomic mass is 10.1. The normalized spacial score (nSPS) is 21.0. The van der Waals surface area contributed by atoms with Gasteiger partial charge in [0.15, 0.2) is 5.13 Å². The summed E-state index contributed by atoms with van der Waals surface area (Å²) in [6.07, 6.45) is 2.48. The van der Waals surface area contributed by atoms with E-state index < -0.39 is 0 Å². The van der Waals surface area contributed by atoms with Crippen LogP contribution in [0.2, 0.25) is 0 Å². The predicted molar refractivity (Wildman–Crippen MR) is 91.6 cm³/mol. The second kappa shape index (κ2) is 5.72. The van der Waals surface area contributed by atoms with Crippen LogP contribution >= 0.6 is 22.7 Å². The summed E-state index contributed by atoms with van der Waals surface area (Å²) >= 11 is 3.12. The van der Waals surface area contributed by atoms with Crippen molar-refractivity contribution in [2.45, 2.75) is 32.2 Å². The van der Waals surface area contributed by atoms with Gasteiger partial charge in [0.1, 0.15) is 0 Å². The molecule has 0 spiro atoms. The highest BCUT2D eigenvalue weighted by molar-refractivity contribution is 7.17. The first-order chi connectivity index (χ1) is 11.1. The summed E-state index contributed by atoms with van der Waals surface area (Å²) in [4.78, 5) is 33.0. The average Bonchev–Trinajstić information content (AvgIpc) is 2.92. The van der Waals surface area contributed by atoms with Crippen LogP contribution in [0.1, 0.15) is 24.1 Å². The van der Waals surface area contributed by atoms with Gasteiger partial charge in [0.05, 0.1) is 16.5 Å². The van der Waals surface area contributed by atoms with Crippen molar-refractivity contribution in [2.24, 2.45) is 5.92 Å². The van der Waals surface area contributed by atoms with Crippen LogP contribution in [0.4, 0.5) is 5.13 Å². The molecule has 2 aromatic heterocycles. The van der Waals surface area contributed by atoms with Gasteiger partial charge in [0.2, 0.25) is 11.8 Å². The fourth-order valence-corrected chi connectivity index (χ4v) is 4.49. The van der Waals surface area contributed by atoms with Crippen molar-refractivity contribution in [2.75, 3.05) is 11.9 Å². The summed E-state index contributed by atoms with van der Waals surface area (Å²) < 4.78 is 0. The Hall–Kier alpha value is -1.73. The first-order valence-electron chi connectivity index (χ1n) is 7.73. The molecule has 5 nitrogen and oxygen atoms in total. The standard InChI is InChI=1S/C16H17N3O2S2/c1-9-2-5-13(23-9)12-8-22-16(17-12)18-15(21)10-6-14(20)19(7-10)11-3-4-11/h2,5,8,10-11H,3-4,6-7H2,1H3,(H,17,18,21)/t10-/m1/s1. The molecule has 0 bridgehead atoms. The quantitative estimate of drug-likeness (QED) is 0.924. The molecular weight excluding hydrogens is 330 g/mol. The molecule has 3 heterocycles. The Kier molecular flexibility index (Phi) is 3.69. The number of rotatable bonds is 4. The van der Waals surface area contributed by atoms with Gasteiger partial charge in [-0.15, -0.1) is 22.7 Å². The van der Waals surface area contributed by atoms with Crippen molar-refractivity contribution < 1.29 is 9.59 Å². The fraction of sp³-hybridized carbons (Fsp3) is 0.438. The number of thiophene rings is 1. The number of hydrogen-bond donors (Lipinski definition) is 1. The van der Waals surface area contributed by atoms with Gasteiger partial charge < -0.3 is 10.2 Å². The van der Waals surface area contributed by atoms with Crippen LogP contribution in [0.5, 0.6) is 0 Å². The minimum atomic E-state index is -0.251. The monoisotopic (exact) mass is 347 g/mol. The van der Waals surface area contributed by atoms with Crippen molar-refractivity contribution in [3.8, 4) is 10.6 Å². The molecule has 120 valence electrons. The molecule has 1 atom stereocenters. The Morgan fingerprint density at radius 1 is 1.39 bits per heavy atom. The lowest BCUT2D eigenvalue weighted by Crippen LogP contribution is -2.29. The van der Waals surface area contributed by atoms with E-state index in [1.165, 1.54) is 16.2 Å². The highest BCUT2D eigenvalue weighted by Crippen LogP contribution is 2.34. The highest BCUT2D eigenvalue weighted by Gasteiger charge is 2.41. The maximum Gasteiger partial charge on any atom is 0.231 e. The highest BCUT2D eigenvalue weighted by atomic mass is 32.1. The zero-order valence-electron chi connectivity index (χ0n) is 12.7. The molecule has 23 heavy (non-hydrogen) atoms. The van der Waals surface area contributed by atoms with Crippen LogP contribution in [-0.4, -0.2) is 34.3 Å². The van der Waals surface area contributed by atoms with E-state index in [0.717, 1.165) is 23.4 Å². The van der Waals surface area contributed by atoms with E-state index in [1.54, 1.807) is 11.3 Å². The number of thiazole rings is 1. The van der Waals surface area contributed by atoms with E-state index in [0.29, 0.717) is 24.1 Å². The molecule has 1 N–H and O–H groups in total. The molecule has 0 radical (unpaired) electrons. The van der Waals surface area contributed by atoms with E-state index in [9.17, 15) is 9.59 Å². The third-order valence-electron chi connectivity index (χ3n) is 4.24. The maximum atomic E-state index is 12.4. The SMILES string of the molecule is Cc1ccc(-c2csc(NC(=O)[C@@H]3CC(=O)N(C4CC4)C3)n2)s1. The Labute approximate surface area is 142 Å². The average molecular weight is 347 g/mol. The number of likely N-dealkylation sites (tertiary alicyclic amines) is 1. The van der Waals surface area contributed by atoms with Crippen molar-refractivity contribution in [3.05, 3.63) is 22.4 Å². The second-order valence-corrected chi connectivity index (χ2v) is 8.26. The first-order valence-corrected chi connectivity index (χ1v) is 9.42. The minimum Gasteiger partial charge on any atom is -0.339 e. The van der Waals surface area contributed by atoms with Gasteiger partial charge >= 0.3 is 0 Å². The third kappa shape index (κ3) is 3.03. The number of amides is 2. The van der Waals surface area contributed by atoms with Gasteiger partial charge in [-0.05, 0) is 31.9 Å². The van der Waals surface area contributed by atoms with Crippen LogP contribution in [0, 0.1) is 12.8 Å². The summed E-state index contributed by atoms with van der Waals surface area (Å²) in [5.74, 6) is -0.231. The molecule has 2 aromatic rings. The van der Waals surface area contributed by atoms with Crippen LogP contribution < -0.4 is 5.32 Å². The molecule has 0 aromatic carbocycles. The van der Waals surface area contributed by atoms with E-state index in [2.05, 4.69) is 23.3 Å². The topological polar surface area (TPSA) is 62.3 Å². The molecule has 1 aliphatic heterocycles. The largest absolute Gasteiger partial charge is 0.339 e. The number of aryl methyl sites for hydroxylation is 1. The fourth-order valence-electron chi connectivity index (χ4n) is 2.87. The molecule has 7 heteroatoms. The third-order valence-corrected chi connectivity index (χ3v) is 6.02. The smallest absolute Gasteiger partial charge is 0.231 e. The molecule has 0 unspecified atom stereocenters. The zero-order chi connectivity index (χ0) is 16.0. The maximum absolute atomic E-state index is 12.4. The number of aromatic nitrogens is 1. The minimum absolute atomic E-state index is 0.0928. The predicted octanol–water partition coefficient (Wildman–Crippen LogP) is 3.13. The number of nitrogens with zero attached hydrogens (tertiary/aromatic N) is 2. The molecule has 4 rings (SSSR count). The van der Waals surface area contributed by atoms with E-state index in [-0.39, 0.29) is 17.7 Å². The number of anilines is 1. The molecule has 1 saturated heterocycles. The molecule has 2 amide bonds. The van der Waals surface area contributed by atoms with Crippen molar-refractivity contribution >= 4 is 39.6 Å². The number of carbonyl (C=O) groups is 2. The first kappa shape index (κ1) is 14.8. The lowest BCUT2D eigenvalue weighted by Gasteiger charge is -2.14. The van der Waals surface area contributed by atoms with Crippen LogP contribution in [0.25, 0.3) is 10.6 Å². The summed E-state index contributed by atoms with van der Waals surface area (Å²) in [6.45, 7) is 2.61. The van der Waals surface area contributed by atoms with Crippen molar-refractivity contribution in [3.63, 3.8) is 0 Å². The van der Waals surface area contributed by atoms with Crippen LogP contribution in [-0.2, 0) is 9.59 Å². The van der Waals surface area contributed by atoms with Gasteiger partial charge in [0.25, 0.3) is 0 Å². The number of nitrogens with one attached hydrogen (secondary N) is 1. The molecule has 2 fully saturated rings. The van der Waals surface area contributed by atoms with Crippen molar-refractivity contribution in [1.29, 1.82) is 0 Å². The van der Waals surface area contributed by atoms with Gasteiger partial charge in [0, 0.05) is 29.3 Å². The van der Waals surface area contributed by atoms with Gasteiger partial charge in [-0.1, -0.05) is 0 Å².